The Morgan fingerprint density at radius 3 is 2.33 bits per heavy atom. The van der Waals surface area contributed by atoms with Crippen molar-refractivity contribution in [2.24, 2.45) is 0 Å². The van der Waals surface area contributed by atoms with Crippen LogP contribution < -0.4 is 17.0 Å². The lowest BCUT2D eigenvalue weighted by Crippen LogP contribution is -3.00. The van der Waals surface area contributed by atoms with E-state index in [4.69, 9.17) is 0 Å². The number of aromatic nitrogens is 2. The van der Waals surface area contributed by atoms with E-state index in [1.165, 1.54) is 0 Å². The van der Waals surface area contributed by atoms with Crippen LogP contribution in [0.25, 0.3) is 16.7 Å². The molecule has 0 amide bonds. The summed E-state index contributed by atoms with van der Waals surface area (Å²) in [7, 11) is 0. The van der Waals surface area contributed by atoms with Crippen LogP contribution >= 0.6 is 0 Å². The molecule has 0 bridgehead atoms. The third-order valence-electron chi connectivity index (χ3n) is 2.79. The highest BCUT2D eigenvalue weighted by Crippen LogP contribution is 2.10. The molecule has 2 aromatic carbocycles. The van der Waals surface area contributed by atoms with Crippen LogP contribution in [0.3, 0.4) is 0 Å². The molecule has 0 atom stereocenters. The lowest BCUT2D eigenvalue weighted by atomic mass is 10.2. The zero-order chi connectivity index (χ0) is 11.7. The van der Waals surface area contributed by atoms with Crippen molar-refractivity contribution in [3.63, 3.8) is 0 Å². The van der Waals surface area contributed by atoms with Crippen molar-refractivity contribution in [1.82, 2.24) is 4.98 Å². The second kappa shape index (κ2) is 5.15. The number of para-hydroxylation sites is 3. The first-order valence-corrected chi connectivity index (χ1v) is 5.68. The van der Waals surface area contributed by atoms with E-state index in [2.05, 4.69) is 33.9 Å². The third kappa shape index (κ3) is 2.20. The predicted molar refractivity (Wildman–Crippen MR) is 68.0 cm³/mol. The van der Waals surface area contributed by atoms with Crippen LogP contribution in [0.15, 0.2) is 60.8 Å². The maximum Gasteiger partial charge on any atom is 0.236 e. The minimum atomic E-state index is 0. The van der Waals surface area contributed by atoms with Gasteiger partial charge in [0.2, 0.25) is 11.2 Å². The van der Waals surface area contributed by atoms with Gasteiger partial charge in [0.1, 0.15) is 11.2 Å². The number of fused-ring (bicyclic) bond motifs is 1. The van der Waals surface area contributed by atoms with Crippen LogP contribution in [0.5, 0.6) is 0 Å². The first kappa shape index (κ1) is 12.5. The fourth-order valence-electron chi connectivity index (χ4n) is 2.04. The summed E-state index contributed by atoms with van der Waals surface area (Å²) in [4.78, 5) is 4.54. The van der Waals surface area contributed by atoms with Crippen LogP contribution in [-0.4, -0.2) is 4.98 Å². The van der Waals surface area contributed by atoms with Crippen molar-refractivity contribution >= 4 is 11.0 Å². The van der Waals surface area contributed by atoms with Gasteiger partial charge in [0.15, 0.2) is 6.20 Å². The van der Waals surface area contributed by atoms with Gasteiger partial charge >= 0.3 is 0 Å². The summed E-state index contributed by atoms with van der Waals surface area (Å²) < 4.78 is 2.18. The number of aryl methyl sites for hydroxylation is 1. The molecule has 3 rings (SSSR count). The second-order valence-corrected chi connectivity index (χ2v) is 4.08. The lowest BCUT2D eigenvalue weighted by molar-refractivity contribution is -0.568. The molecule has 3 aromatic rings. The van der Waals surface area contributed by atoms with Gasteiger partial charge in [-0.3, -0.25) is 0 Å². The summed E-state index contributed by atoms with van der Waals surface area (Å²) >= 11 is 0. The quantitative estimate of drug-likeness (QED) is 0.552. The summed E-state index contributed by atoms with van der Waals surface area (Å²) in [6, 6.07) is 18.5. The highest BCUT2D eigenvalue weighted by molar-refractivity contribution is 5.71. The van der Waals surface area contributed by atoms with E-state index in [1.54, 1.807) is 0 Å². The lowest BCUT2D eigenvalue weighted by Gasteiger charge is -2.01. The molecule has 1 aromatic heterocycles. The van der Waals surface area contributed by atoms with Gasteiger partial charge < -0.3 is 12.4 Å². The number of halogens is 1. The van der Waals surface area contributed by atoms with Crippen molar-refractivity contribution in [3.05, 3.63) is 66.5 Å². The highest BCUT2D eigenvalue weighted by Gasteiger charge is 2.12. The first-order chi connectivity index (χ1) is 8.34. The fraction of sp³-hybridized carbons (Fsp3) is 0.0667. The number of benzene rings is 2. The van der Waals surface area contributed by atoms with Crippen molar-refractivity contribution in [2.45, 2.75) is 6.92 Å². The van der Waals surface area contributed by atoms with Gasteiger partial charge in [-0.05, 0) is 13.0 Å². The molecule has 0 spiro atoms. The summed E-state index contributed by atoms with van der Waals surface area (Å²) in [5, 5.41) is 0. The number of rotatable bonds is 1. The van der Waals surface area contributed by atoms with Crippen molar-refractivity contribution in [2.75, 3.05) is 0 Å². The highest BCUT2D eigenvalue weighted by atomic mass is 35.5. The van der Waals surface area contributed by atoms with Gasteiger partial charge in [-0.2, -0.15) is 4.57 Å². The molecule has 0 unspecified atom stereocenters. The van der Waals surface area contributed by atoms with E-state index in [0.717, 1.165) is 22.4 Å². The van der Waals surface area contributed by atoms with Gasteiger partial charge in [0.05, 0.1) is 0 Å². The average Bonchev–Trinajstić information content (AvgIpc) is 2.39. The minimum absolute atomic E-state index is 0. The normalized spacial score (nSPS) is 10.1. The van der Waals surface area contributed by atoms with Crippen LogP contribution in [0, 0.1) is 6.92 Å². The van der Waals surface area contributed by atoms with Crippen LogP contribution in [0.2, 0.25) is 0 Å². The van der Waals surface area contributed by atoms with Crippen molar-refractivity contribution in [1.29, 1.82) is 0 Å². The van der Waals surface area contributed by atoms with E-state index < -0.39 is 0 Å². The number of hydrogen-bond acceptors (Lipinski definition) is 1. The monoisotopic (exact) mass is 256 g/mol. The minimum Gasteiger partial charge on any atom is -1.00 e. The summed E-state index contributed by atoms with van der Waals surface area (Å²) in [5.41, 5.74) is 4.34. The van der Waals surface area contributed by atoms with Gasteiger partial charge in [-0.1, -0.05) is 30.3 Å². The van der Waals surface area contributed by atoms with Gasteiger partial charge in [0.25, 0.3) is 0 Å². The number of nitrogens with zero attached hydrogens (tertiary/aromatic N) is 2. The van der Waals surface area contributed by atoms with Crippen LogP contribution in [-0.2, 0) is 0 Å². The van der Waals surface area contributed by atoms with Gasteiger partial charge in [-0.25, -0.2) is 4.98 Å². The smallest absolute Gasteiger partial charge is 0.236 e. The molecule has 0 aliphatic rings. The van der Waals surface area contributed by atoms with Crippen LogP contribution in [0.4, 0.5) is 0 Å². The second-order valence-electron chi connectivity index (χ2n) is 4.08. The molecule has 0 aliphatic heterocycles. The van der Waals surface area contributed by atoms with E-state index in [-0.39, 0.29) is 12.4 Å². The Labute approximate surface area is 112 Å². The Morgan fingerprint density at radius 1 is 0.889 bits per heavy atom. The maximum atomic E-state index is 4.54. The molecule has 0 saturated heterocycles. The predicted octanol–water partition coefficient (Wildman–Crippen LogP) is -0.176. The molecule has 0 aliphatic carbocycles. The molecule has 18 heavy (non-hydrogen) atoms. The molecule has 90 valence electrons. The van der Waals surface area contributed by atoms with Crippen LogP contribution in [0.1, 0.15) is 5.69 Å². The zero-order valence-corrected chi connectivity index (χ0v) is 10.8. The molecule has 0 saturated carbocycles. The number of hydrogen-bond donors (Lipinski definition) is 0. The standard InChI is InChI=1S/C15H13N2.ClH/c1-12-11-17(13-7-3-2-4-8-13)15-10-6-5-9-14(15)16-12;/h2-11H,1H3;1H/q+1;/p-1. The Balaban J connectivity index is 0.00000120. The summed E-state index contributed by atoms with van der Waals surface area (Å²) in [5.74, 6) is 0. The Bertz CT molecular complexity index is 666. The zero-order valence-electron chi connectivity index (χ0n) is 10.0. The van der Waals surface area contributed by atoms with Gasteiger partial charge in [0, 0.05) is 18.2 Å². The van der Waals surface area contributed by atoms with Crippen molar-refractivity contribution < 1.29 is 17.0 Å². The van der Waals surface area contributed by atoms with Gasteiger partial charge in [-0.15, -0.1) is 0 Å². The average molecular weight is 257 g/mol. The Hall–Kier alpha value is -1.93. The molecular weight excluding hydrogens is 244 g/mol. The van der Waals surface area contributed by atoms with E-state index in [0.29, 0.717) is 0 Å². The van der Waals surface area contributed by atoms with E-state index >= 15 is 0 Å². The topological polar surface area (TPSA) is 16.8 Å². The third-order valence-corrected chi connectivity index (χ3v) is 2.79. The Morgan fingerprint density at radius 2 is 1.56 bits per heavy atom. The molecule has 0 fully saturated rings. The molecule has 2 nitrogen and oxygen atoms in total. The first-order valence-electron chi connectivity index (χ1n) is 5.68. The molecule has 3 heteroatoms. The molecule has 0 N–H and O–H groups in total. The molecule has 1 heterocycles. The molecular formula is C15H13ClN2. The van der Waals surface area contributed by atoms with E-state index in [9.17, 15) is 0 Å². The fourth-order valence-corrected chi connectivity index (χ4v) is 2.04. The van der Waals surface area contributed by atoms with E-state index in [1.807, 2.05) is 43.3 Å². The Kier molecular flexibility index (Phi) is 3.58. The molecule has 0 radical (unpaired) electrons. The maximum absolute atomic E-state index is 4.54. The summed E-state index contributed by atoms with van der Waals surface area (Å²) in [6.45, 7) is 2.02. The van der Waals surface area contributed by atoms with Crippen molar-refractivity contribution in [3.8, 4) is 5.69 Å². The largest absolute Gasteiger partial charge is 1.00 e. The SMILES string of the molecule is Cc1c[n+](-c2ccccc2)c2ccccc2n1.[Cl-]. The summed E-state index contributed by atoms with van der Waals surface area (Å²) in [6.07, 6.45) is 2.07.